The third kappa shape index (κ3) is 4.87. The van der Waals surface area contributed by atoms with E-state index >= 15 is 0 Å². The molecular weight excluding hydrogens is 410 g/mol. The zero-order chi connectivity index (χ0) is 21.7. The molecule has 8 heteroatoms. The van der Waals surface area contributed by atoms with E-state index in [-0.39, 0.29) is 4.90 Å². The highest BCUT2D eigenvalue weighted by Crippen LogP contribution is 2.23. The standard InChI is InChI=1S/C23H23N5O2S/c1-19-16-22(12-13-23(19)28-18-24-25-26-28)31(29,30)27(17-21-10-6-3-7-11-21)15-14-20-8-4-2-5-9-20/h2-13,16,18H,14-15,17H2,1H3. The van der Waals surface area contributed by atoms with Gasteiger partial charge in [0.2, 0.25) is 10.0 Å². The lowest BCUT2D eigenvalue weighted by Gasteiger charge is -2.23. The van der Waals surface area contributed by atoms with E-state index < -0.39 is 10.0 Å². The zero-order valence-electron chi connectivity index (χ0n) is 17.2. The lowest BCUT2D eigenvalue weighted by Crippen LogP contribution is -2.32. The number of nitrogens with zero attached hydrogens (tertiary/aromatic N) is 5. The summed E-state index contributed by atoms with van der Waals surface area (Å²) in [5.41, 5.74) is 3.56. The summed E-state index contributed by atoms with van der Waals surface area (Å²) in [4.78, 5) is 0.255. The van der Waals surface area contributed by atoms with Crippen LogP contribution in [0.25, 0.3) is 5.69 Å². The first kappa shape index (κ1) is 20.9. The average molecular weight is 434 g/mol. The minimum absolute atomic E-state index is 0.255. The average Bonchev–Trinajstić information content (AvgIpc) is 3.32. The molecule has 7 nitrogen and oxygen atoms in total. The second-order valence-electron chi connectivity index (χ2n) is 7.26. The summed E-state index contributed by atoms with van der Waals surface area (Å²) < 4.78 is 30.2. The van der Waals surface area contributed by atoms with Gasteiger partial charge in [-0.15, -0.1) is 5.10 Å². The highest BCUT2D eigenvalue weighted by molar-refractivity contribution is 7.89. The molecule has 0 bridgehead atoms. The summed E-state index contributed by atoms with van der Waals surface area (Å²) in [6, 6.07) is 24.6. The van der Waals surface area contributed by atoms with Gasteiger partial charge in [-0.25, -0.2) is 13.1 Å². The molecule has 0 unspecified atom stereocenters. The first-order valence-electron chi connectivity index (χ1n) is 9.96. The van der Waals surface area contributed by atoms with Crippen LogP contribution in [0.2, 0.25) is 0 Å². The Bertz CT molecular complexity index is 1230. The highest BCUT2D eigenvalue weighted by atomic mass is 32.2. The van der Waals surface area contributed by atoms with Crippen molar-refractivity contribution in [1.29, 1.82) is 0 Å². The van der Waals surface area contributed by atoms with Crippen LogP contribution in [0, 0.1) is 6.92 Å². The smallest absolute Gasteiger partial charge is 0.207 e. The molecule has 0 aliphatic rings. The second kappa shape index (κ2) is 9.20. The van der Waals surface area contributed by atoms with E-state index in [1.807, 2.05) is 67.6 Å². The molecule has 0 atom stereocenters. The Morgan fingerprint density at radius 2 is 1.58 bits per heavy atom. The number of tetrazole rings is 1. The van der Waals surface area contributed by atoms with Gasteiger partial charge in [0.15, 0.2) is 0 Å². The van der Waals surface area contributed by atoms with E-state index in [2.05, 4.69) is 15.5 Å². The Morgan fingerprint density at radius 1 is 0.903 bits per heavy atom. The van der Waals surface area contributed by atoms with Crippen LogP contribution < -0.4 is 0 Å². The van der Waals surface area contributed by atoms with Crippen molar-refractivity contribution in [2.45, 2.75) is 24.8 Å². The number of hydrogen-bond donors (Lipinski definition) is 0. The van der Waals surface area contributed by atoms with Crippen LogP contribution >= 0.6 is 0 Å². The van der Waals surface area contributed by atoms with Crippen LogP contribution in [0.3, 0.4) is 0 Å². The van der Waals surface area contributed by atoms with Gasteiger partial charge in [0.05, 0.1) is 10.6 Å². The summed E-state index contributed by atoms with van der Waals surface area (Å²) in [5, 5.41) is 11.2. The van der Waals surface area contributed by atoms with Crippen molar-refractivity contribution in [3.05, 3.63) is 102 Å². The van der Waals surface area contributed by atoms with Gasteiger partial charge in [-0.05, 0) is 58.7 Å². The molecule has 0 radical (unpaired) electrons. The van der Waals surface area contributed by atoms with Crippen molar-refractivity contribution >= 4 is 10.0 Å². The van der Waals surface area contributed by atoms with Crippen LogP contribution in [-0.4, -0.2) is 39.5 Å². The lowest BCUT2D eigenvalue weighted by atomic mass is 10.1. The minimum Gasteiger partial charge on any atom is -0.207 e. The molecule has 4 rings (SSSR count). The van der Waals surface area contributed by atoms with Crippen molar-refractivity contribution in [3.63, 3.8) is 0 Å². The topological polar surface area (TPSA) is 81.0 Å². The van der Waals surface area contributed by atoms with Crippen molar-refractivity contribution in [1.82, 2.24) is 24.5 Å². The maximum atomic E-state index is 13.6. The minimum atomic E-state index is -3.71. The van der Waals surface area contributed by atoms with Crippen molar-refractivity contribution in [3.8, 4) is 5.69 Å². The van der Waals surface area contributed by atoms with E-state index in [0.29, 0.717) is 19.5 Å². The van der Waals surface area contributed by atoms with Gasteiger partial charge in [-0.2, -0.15) is 4.31 Å². The Hall–Kier alpha value is -3.36. The van der Waals surface area contributed by atoms with Gasteiger partial charge in [0.25, 0.3) is 0 Å². The van der Waals surface area contributed by atoms with Gasteiger partial charge in [0, 0.05) is 13.1 Å². The molecule has 0 aliphatic carbocycles. The third-order valence-corrected chi connectivity index (χ3v) is 6.94. The summed E-state index contributed by atoms with van der Waals surface area (Å²) in [6.07, 6.45) is 2.12. The van der Waals surface area contributed by atoms with Crippen molar-refractivity contribution in [2.24, 2.45) is 0 Å². The fourth-order valence-corrected chi connectivity index (χ4v) is 4.95. The van der Waals surface area contributed by atoms with E-state index in [1.54, 1.807) is 22.5 Å². The van der Waals surface area contributed by atoms with Crippen LogP contribution in [0.4, 0.5) is 0 Å². The van der Waals surface area contributed by atoms with Crippen molar-refractivity contribution < 1.29 is 8.42 Å². The van der Waals surface area contributed by atoms with E-state index in [9.17, 15) is 8.42 Å². The molecule has 31 heavy (non-hydrogen) atoms. The summed E-state index contributed by atoms with van der Waals surface area (Å²) in [5.74, 6) is 0. The van der Waals surface area contributed by atoms with Gasteiger partial charge in [-0.3, -0.25) is 0 Å². The van der Waals surface area contributed by atoms with E-state index in [0.717, 1.165) is 22.4 Å². The molecule has 0 amide bonds. The molecule has 158 valence electrons. The molecule has 0 saturated heterocycles. The Balaban J connectivity index is 1.64. The molecule has 4 aromatic rings. The normalized spacial score (nSPS) is 11.7. The molecule has 0 fully saturated rings. The molecule has 1 heterocycles. The lowest BCUT2D eigenvalue weighted by molar-refractivity contribution is 0.409. The highest BCUT2D eigenvalue weighted by Gasteiger charge is 2.25. The van der Waals surface area contributed by atoms with Crippen LogP contribution in [0.15, 0.2) is 90.1 Å². The Morgan fingerprint density at radius 3 is 2.19 bits per heavy atom. The van der Waals surface area contributed by atoms with Gasteiger partial charge in [-0.1, -0.05) is 60.7 Å². The molecule has 0 saturated carbocycles. The van der Waals surface area contributed by atoms with E-state index in [4.69, 9.17) is 0 Å². The zero-order valence-corrected chi connectivity index (χ0v) is 18.0. The van der Waals surface area contributed by atoms with Crippen molar-refractivity contribution in [2.75, 3.05) is 6.54 Å². The monoisotopic (exact) mass is 433 g/mol. The first-order valence-corrected chi connectivity index (χ1v) is 11.4. The largest absolute Gasteiger partial charge is 0.243 e. The molecule has 3 aromatic carbocycles. The Labute approximate surface area is 182 Å². The summed E-state index contributed by atoms with van der Waals surface area (Å²) >= 11 is 0. The Kier molecular flexibility index (Phi) is 6.20. The number of aromatic nitrogens is 4. The fraction of sp³-hybridized carbons (Fsp3) is 0.174. The second-order valence-corrected chi connectivity index (χ2v) is 9.20. The molecule has 0 N–H and O–H groups in total. The predicted octanol–water partition coefficient (Wildman–Crippen LogP) is 3.40. The molecule has 0 aliphatic heterocycles. The maximum absolute atomic E-state index is 13.6. The number of aryl methyl sites for hydroxylation is 1. The quantitative estimate of drug-likeness (QED) is 0.425. The summed E-state index contributed by atoms with van der Waals surface area (Å²) in [6.45, 7) is 2.54. The van der Waals surface area contributed by atoms with Gasteiger partial charge < -0.3 is 0 Å². The predicted molar refractivity (Wildman–Crippen MR) is 118 cm³/mol. The molecule has 0 spiro atoms. The maximum Gasteiger partial charge on any atom is 0.243 e. The van der Waals surface area contributed by atoms with Gasteiger partial charge >= 0.3 is 0 Å². The molecule has 1 aromatic heterocycles. The fourth-order valence-electron chi connectivity index (χ4n) is 3.44. The molecular formula is C23H23N5O2S. The van der Waals surface area contributed by atoms with Crippen LogP contribution in [-0.2, 0) is 23.0 Å². The van der Waals surface area contributed by atoms with Crippen LogP contribution in [0.1, 0.15) is 16.7 Å². The SMILES string of the molecule is Cc1cc(S(=O)(=O)N(CCc2ccccc2)Cc2ccccc2)ccc1-n1cnnn1. The number of sulfonamides is 1. The summed E-state index contributed by atoms with van der Waals surface area (Å²) in [7, 11) is -3.71. The number of benzene rings is 3. The first-order chi connectivity index (χ1) is 15.0. The van der Waals surface area contributed by atoms with Gasteiger partial charge in [0.1, 0.15) is 6.33 Å². The number of hydrogen-bond acceptors (Lipinski definition) is 5. The number of rotatable bonds is 8. The third-order valence-electron chi connectivity index (χ3n) is 5.10. The van der Waals surface area contributed by atoms with Crippen LogP contribution in [0.5, 0.6) is 0 Å². The van der Waals surface area contributed by atoms with E-state index in [1.165, 1.54) is 11.0 Å².